The Morgan fingerprint density at radius 2 is 2.08 bits per heavy atom. The Balaban J connectivity index is 1.83. The van der Waals surface area contributed by atoms with Gasteiger partial charge in [0.25, 0.3) is 0 Å². The average molecular weight is 353 g/mol. The van der Waals surface area contributed by atoms with Gasteiger partial charge in [0.2, 0.25) is 5.91 Å². The van der Waals surface area contributed by atoms with Gasteiger partial charge in [-0.25, -0.2) is 9.18 Å². The summed E-state index contributed by atoms with van der Waals surface area (Å²) in [4.78, 5) is 25.6. The Morgan fingerprint density at radius 3 is 2.72 bits per heavy atom. The number of rotatable bonds is 8. The van der Waals surface area contributed by atoms with Crippen LogP contribution in [0.3, 0.4) is 0 Å². The van der Waals surface area contributed by atoms with Gasteiger partial charge >= 0.3 is 6.03 Å². The highest BCUT2D eigenvalue weighted by Gasteiger charge is 2.31. The molecule has 2 rings (SSSR count). The molecule has 0 saturated carbocycles. The first-order valence-corrected chi connectivity index (χ1v) is 8.37. The van der Waals surface area contributed by atoms with Crippen molar-refractivity contribution in [1.29, 1.82) is 0 Å². The van der Waals surface area contributed by atoms with Crippen molar-refractivity contribution in [1.82, 2.24) is 10.6 Å². The molecule has 8 heteroatoms. The van der Waals surface area contributed by atoms with E-state index in [4.69, 9.17) is 9.47 Å². The Kier molecular flexibility index (Phi) is 7.15. The molecular formula is C17H24FN3O4. The molecule has 1 unspecified atom stereocenters. The molecule has 0 radical (unpaired) electrons. The van der Waals surface area contributed by atoms with E-state index in [0.29, 0.717) is 25.4 Å². The van der Waals surface area contributed by atoms with E-state index in [1.165, 1.54) is 17.0 Å². The third-order valence-corrected chi connectivity index (χ3v) is 3.71. The summed E-state index contributed by atoms with van der Waals surface area (Å²) in [5.74, 6) is -0.560. The van der Waals surface area contributed by atoms with Gasteiger partial charge in [0.15, 0.2) is 6.29 Å². The lowest BCUT2D eigenvalue weighted by Crippen LogP contribution is -2.46. The van der Waals surface area contributed by atoms with E-state index in [2.05, 4.69) is 10.6 Å². The molecule has 2 N–H and O–H groups in total. The third kappa shape index (κ3) is 5.68. The quantitative estimate of drug-likeness (QED) is 0.696. The van der Waals surface area contributed by atoms with Gasteiger partial charge in [-0.2, -0.15) is 0 Å². The largest absolute Gasteiger partial charge is 0.351 e. The lowest BCUT2D eigenvalue weighted by atomic mass is 10.2. The average Bonchev–Trinajstić information content (AvgIpc) is 2.93. The second-order valence-corrected chi connectivity index (χ2v) is 5.58. The topological polar surface area (TPSA) is 79.9 Å². The van der Waals surface area contributed by atoms with Crippen LogP contribution in [0.4, 0.5) is 14.9 Å². The zero-order chi connectivity index (χ0) is 18.2. The van der Waals surface area contributed by atoms with Crippen molar-refractivity contribution in [2.45, 2.75) is 32.6 Å². The fourth-order valence-electron chi connectivity index (χ4n) is 2.65. The number of benzene rings is 1. The molecule has 1 atom stereocenters. The van der Waals surface area contributed by atoms with Crippen molar-refractivity contribution in [2.75, 3.05) is 31.2 Å². The van der Waals surface area contributed by atoms with Crippen molar-refractivity contribution < 1.29 is 23.5 Å². The van der Waals surface area contributed by atoms with Crippen LogP contribution in [0, 0.1) is 5.82 Å². The number of carbonyl (C=O) groups excluding carboxylic acids is 2. The first-order valence-electron chi connectivity index (χ1n) is 8.37. The summed E-state index contributed by atoms with van der Waals surface area (Å²) in [5, 5.41) is 5.41. The van der Waals surface area contributed by atoms with Gasteiger partial charge in [-0.15, -0.1) is 0 Å². The predicted octanol–water partition coefficient (Wildman–Crippen LogP) is 1.63. The molecule has 3 amide bonds. The molecule has 1 saturated heterocycles. The van der Waals surface area contributed by atoms with Crippen LogP contribution in [0.1, 0.15) is 20.3 Å². The molecule has 0 aliphatic carbocycles. The number of nitrogens with one attached hydrogen (secondary N) is 2. The van der Waals surface area contributed by atoms with Crippen LogP contribution in [0.15, 0.2) is 24.3 Å². The summed E-state index contributed by atoms with van der Waals surface area (Å²) < 4.78 is 24.0. The molecule has 0 aromatic heterocycles. The van der Waals surface area contributed by atoms with E-state index in [9.17, 15) is 14.0 Å². The van der Waals surface area contributed by atoms with Crippen LogP contribution in [-0.4, -0.2) is 50.6 Å². The second kappa shape index (κ2) is 9.33. The number of hydrogen-bond acceptors (Lipinski definition) is 4. The van der Waals surface area contributed by atoms with Crippen molar-refractivity contribution in [2.24, 2.45) is 0 Å². The summed E-state index contributed by atoms with van der Waals surface area (Å²) in [5.41, 5.74) is 0.488. The van der Waals surface area contributed by atoms with Crippen molar-refractivity contribution >= 4 is 17.6 Å². The van der Waals surface area contributed by atoms with Gasteiger partial charge < -0.3 is 25.0 Å². The first-order chi connectivity index (χ1) is 12.0. The standard InChI is InChI=1S/C17H24FN3O4/c1-3-24-16(25-4-2)10-19-17(23)20-13-9-15(22)21(11-13)14-7-5-6-12(18)8-14/h5-8,13,16H,3-4,9-11H2,1-2H3,(H2,19,20,23). The fraction of sp³-hybridized carbons (Fsp3) is 0.529. The van der Waals surface area contributed by atoms with Crippen LogP contribution in [-0.2, 0) is 14.3 Å². The minimum atomic E-state index is -0.505. The van der Waals surface area contributed by atoms with E-state index < -0.39 is 18.1 Å². The number of amides is 3. The number of urea groups is 1. The molecule has 1 fully saturated rings. The highest BCUT2D eigenvalue weighted by molar-refractivity contribution is 5.96. The summed E-state index contributed by atoms with van der Waals surface area (Å²) in [6.07, 6.45) is -0.334. The molecule has 1 aromatic carbocycles. The number of halogens is 1. The van der Waals surface area contributed by atoms with Crippen LogP contribution < -0.4 is 15.5 Å². The Bertz CT molecular complexity index is 593. The molecule has 1 heterocycles. The van der Waals surface area contributed by atoms with E-state index in [1.807, 2.05) is 13.8 Å². The van der Waals surface area contributed by atoms with Crippen LogP contribution in [0.25, 0.3) is 0 Å². The lowest BCUT2D eigenvalue weighted by molar-refractivity contribution is -0.131. The Hall–Kier alpha value is -2.19. The number of nitrogens with zero attached hydrogens (tertiary/aromatic N) is 1. The lowest BCUT2D eigenvalue weighted by Gasteiger charge is -2.19. The molecule has 1 aliphatic heterocycles. The van der Waals surface area contributed by atoms with E-state index >= 15 is 0 Å². The molecule has 25 heavy (non-hydrogen) atoms. The maximum absolute atomic E-state index is 13.3. The molecule has 0 spiro atoms. The first kappa shape index (κ1) is 19.1. The van der Waals surface area contributed by atoms with Crippen LogP contribution in [0.5, 0.6) is 0 Å². The fourth-order valence-corrected chi connectivity index (χ4v) is 2.65. The predicted molar refractivity (Wildman–Crippen MR) is 90.7 cm³/mol. The summed E-state index contributed by atoms with van der Waals surface area (Å²) in [7, 11) is 0. The van der Waals surface area contributed by atoms with Crippen molar-refractivity contribution in [3.05, 3.63) is 30.1 Å². The minimum Gasteiger partial charge on any atom is -0.351 e. The smallest absolute Gasteiger partial charge is 0.315 e. The Labute approximate surface area is 146 Å². The van der Waals surface area contributed by atoms with Gasteiger partial charge in [-0.05, 0) is 32.0 Å². The highest BCUT2D eigenvalue weighted by Crippen LogP contribution is 2.22. The molecule has 7 nitrogen and oxygen atoms in total. The summed E-state index contributed by atoms with van der Waals surface area (Å²) >= 11 is 0. The normalized spacial score (nSPS) is 17.2. The van der Waals surface area contributed by atoms with Crippen molar-refractivity contribution in [3.63, 3.8) is 0 Å². The van der Waals surface area contributed by atoms with Gasteiger partial charge in [-0.3, -0.25) is 4.79 Å². The zero-order valence-electron chi connectivity index (χ0n) is 14.5. The second-order valence-electron chi connectivity index (χ2n) is 5.58. The van der Waals surface area contributed by atoms with Crippen LogP contribution in [0.2, 0.25) is 0 Å². The molecule has 1 aromatic rings. The van der Waals surface area contributed by atoms with E-state index in [0.717, 1.165) is 0 Å². The van der Waals surface area contributed by atoms with E-state index in [1.54, 1.807) is 12.1 Å². The summed E-state index contributed by atoms with van der Waals surface area (Å²) in [6, 6.07) is 5.09. The number of anilines is 1. The molecule has 138 valence electrons. The van der Waals surface area contributed by atoms with E-state index in [-0.39, 0.29) is 24.9 Å². The van der Waals surface area contributed by atoms with Gasteiger partial charge in [0.1, 0.15) is 5.82 Å². The van der Waals surface area contributed by atoms with Gasteiger partial charge in [0.05, 0.1) is 12.6 Å². The maximum atomic E-state index is 13.3. The SMILES string of the molecule is CCOC(CNC(=O)NC1CC(=O)N(c2cccc(F)c2)C1)OCC. The van der Waals surface area contributed by atoms with Gasteiger partial charge in [0, 0.05) is 31.9 Å². The highest BCUT2D eigenvalue weighted by atomic mass is 19.1. The molecular weight excluding hydrogens is 329 g/mol. The maximum Gasteiger partial charge on any atom is 0.315 e. The number of ether oxygens (including phenoxy) is 2. The monoisotopic (exact) mass is 353 g/mol. The molecule has 1 aliphatic rings. The molecule has 0 bridgehead atoms. The van der Waals surface area contributed by atoms with Crippen molar-refractivity contribution in [3.8, 4) is 0 Å². The van der Waals surface area contributed by atoms with Gasteiger partial charge in [-0.1, -0.05) is 6.07 Å². The summed E-state index contributed by atoms with van der Waals surface area (Å²) in [6.45, 7) is 5.16. The Morgan fingerprint density at radius 1 is 1.36 bits per heavy atom. The number of carbonyl (C=O) groups is 2. The third-order valence-electron chi connectivity index (χ3n) is 3.71. The van der Waals surface area contributed by atoms with Crippen LogP contribution >= 0.6 is 0 Å². The number of hydrogen-bond donors (Lipinski definition) is 2. The zero-order valence-corrected chi connectivity index (χ0v) is 14.5. The minimum absolute atomic E-state index is 0.155.